The summed E-state index contributed by atoms with van der Waals surface area (Å²) >= 11 is 1.08. The Kier molecular flexibility index (Phi) is 5.72. The second-order valence-electron chi connectivity index (χ2n) is 7.85. The van der Waals surface area contributed by atoms with E-state index in [2.05, 4.69) is 5.32 Å². The van der Waals surface area contributed by atoms with Crippen molar-refractivity contribution in [2.24, 2.45) is 0 Å². The standard InChI is InChI=1S/C21H22N2O7S2/c1-11(24)22-19-18-14(9-31-19)20(25)23(21(18)26)15(10-32(3,27)28)12-4-7-16(29-2)17(8-12)30-13-5-6-13/h4,7-9,13,15H,5-6,10H2,1-3H3,(H,22,24)/t15-/m1/s1. The van der Waals surface area contributed by atoms with Gasteiger partial charge in [0.1, 0.15) is 14.8 Å². The number of thiophene rings is 1. The zero-order valence-electron chi connectivity index (χ0n) is 17.7. The van der Waals surface area contributed by atoms with Gasteiger partial charge in [0.2, 0.25) is 5.91 Å². The number of nitrogens with zero attached hydrogens (tertiary/aromatic N) is 1. The van der Waals surface area contributed by atoms with E-state index in [4.69, 9.17) is 9.47 Å². The summed E-state index contributed by atoms with van der Waals surface area (Å²) in [6, 6.07) is 3.80. The Balaban J connectivity index is 1.76. The number of carbonyl (C=O) groups excluding carboxylic acids is 3. The molecule has 0 unspecified atom stereocenters. The summed E-state index contributed by atoms with van der Waals surface area (Å²) in [4.78, 5) is 38.9. The van der Waals surface area contributed by atoms with Crippen LogP contribution in [0.25, 0.3) is 0 Å². The summed E-state index contributed by atoms with van der Waals surface area (Å²) in [6.07, 6.45) is 2.94. The van der Waals surface area contributed by atoms with E-state index in [1.807, 2.05) is 0 Å². The first-order valence-electron chi connectivity index (χ1n) is 9.88. The highest BCUT2D eigenvalue weighted by molar-refractivity contribution is 7.90. The maximum atomic E-state index is 13.3. The summed E-state index contributed by atoms with van der Waals surface area (Å²) in [7, 11) is -2.08. The van der Waals surface area contributed by atoms with Gasteiger partial charge < -0.3 is 14.8 Å². The van der Waals surface area contributed by atoms with E-state index in [0.29, 0.717) is 17.1 Å². The number of amides is 3. The Morgan fingerprint density at radius 2 is 1.97 bits per heavy atom. The SMILES string of the molecule is COc1ccc([C@@H](CS(C)(=O)=O)N2C(=O)c3csc(NC(C)=O)c3C2=O)cc1OC1CC1. The van der Waals surface area contributed by atoms with Gasteiger partial charge in [-0.3, -0.25) is 19.3 Å². The molecule has 1 saturated carbocycles. The zero-order chi connectivity index (χ0) is 23.2. The van der Waals surface area contributed by atoms with Crippen molar-refractivity contribution >= 4 is 43.9 Å². The molecule has 32 heavy (non-hydrogen) atoms. The maximum Gasteiger partial charge on any atom is 0.265 e. The molecule has 9 nitrogen and oxygen atoms in total. The quantitative estimate of drug-likeness (QED) is 0.579. The molecule has 0 radical (unpaired) electrons. The summed E-state index contributed by atoms with van der Waals surface area (Å²) in [5.74, 6) is -1.18. The van der Waals surface area contributed by atoms with Crippen LogP contribution >= 0.6 is 11.3 Å². The number of hydrogen-bond acceptors (Lipinski definition) is 8. The number of imide groups is 1. The molecule has 2 heterocycles. The molecule has 2 aromatic rings. The number of nitrogens with one attached hydrogen (secondary N) is 1. The number of methoxy groups -OCH3 is 1. The fourth-order valence-electron chi connectivity index (χ4n) is 3.57. The number of rotatable bonds is 8. The molecule has 1 aliphatic carbocycles. The predicted octanol–water partition coefficient (Wildman–Crippen LogP) is 2.64. The lowest BCUT2D eigenvalue weighted by Gasteiger charge is -2.27. The second kappa shape index (κ2) is 8.21. The smallest absolute Gasteiger partial charge is 0.265 e. The molecule has 11 heteroatoms. The average Bonchev–Trinajstić information content (AvgIpc) is 3.36. The van der Waals surface area contributed by atoms with Crippen molar-refractivity contribution in [3.8, 4) is 11.5 Å². The Bertz CT molecular complexity index is 1210. The first-order valence-corrected chi connectivity index (χ1v) is 12.8. The van der Waals surface area contributed by atoms with Crippen molar-refractivity contribution in [2.75, 3.05) is 24.4 Å². The molecule has 1 fully saturated rings. The van der Waals surface area contributed by atoms with Gasteiger partial charge in [0.15, 0.2) is 11.5 Å². The van der Waals surface area contributed by atoms with Gasteiger partial charge in [0, 0.05) is 18.6 Å². The highest BCUT2D eigenvalue weighted by Gasteiger charge is 2.44. The van der Waals surface area contributed by atoms with Gasteiger partial charge in [-0.15, -0.1) is 11.3 Å². The summed E-state index contributed by atoms with van der Waals surface area (Å²) < 4.78 is 35.7. The molecule has 170 valence electrons. The zero-order valence-corrected chi connectivity index (χ0v) is 19.3. The van der Waals surface area contributed by atoms with Crippen LogP contribution in [0.15, 0.2) is 23.6 Å². The molecular formula is C21H22N2O7S2. The van der Waals surface area contributed by atoms with E-state index in [0.717, 1.165) is 35.3 Å². The van der Waals surface area contributed by atoms with Crippen molar-refractivity contribution in [1.29, 1.82) is 0 Å². The lowest BCUT2D eigenvalue weighted by Crippen LogP contribution is -2.38. The highest BCUT2D eigenvalue weighted by atomic mass is 32.2. The van der Waals surface area contributed by atoms with Gasteiger partial charge >= 0.3 is 0 Å². The minimum Gasteiger partial charge on any atom is -0.493 e. The molecule has 4 rings (SSSR count). The summed E-state index contributed by atoms with van der Waals surface area (Å²) in [5.41, 5.74) is 0.658. The number of anilines is 1. The van der Waals surface area contributed by atoms with Crippen molar-refractivity contribution in [3.63, 3.8) is 0 Å². The van der Waals surface area contributed by atoms with E-state index in [1.54, 1.807) is 18.2 Å². The first-order chi connectivity index (χ1) is 15.1. The summed E-state index contributed by atoms with van der Waals surface area (Å²) in [6.45, 7) is 1.30. The fourth-order valence-corrected chi connectivity index (χ4v) is 5.46. The van der Waals surface area contributed by atoms with Crippen molar-refractivity contribution in [1.82, 2.24) is 4.90 Å². The van der Waals surface area contributed by atoms with E-state index >= 15 is 0 Å². The van der Waals surface area contributed by atoms with E-state index < -0.39 is 33.4 Å². The lowest BCUT2D eigenvalue weighted by atomic mass is 10.1. The number of sulfone groups is 1. The van der Waals surface area contributed by atoms with Crippen molar-refractivity contribution < 1.29 is 32.3 Å². The molecule has 0 bridgehead atoms. The molecule has 1 aliphatic heterocycles. The van der Waals surface area contributed by atoms with E-state index in [-0.39, 0.29) is 28.1 Å². The molecule has 0 saturated heterocycles. The number of ether oxygens (including phenoxy) is 2. The van der Waals surface area contributed by atoms with Crippen molar-refractivity contribution in [3.05, 3.63) is 40.3 Å². The maximum absolute atomic E-state index is 13.3. The third kappa shape index (κ3) is 4.35. The number of fused-ring (bicyclic) bond motifs is 1. The molecule has 1 atom stereocenters. The topological polar surface area (TPSA) is 119 Å². The Morgan fingerprint density at radius 3 is 2.56 bits per heavy atom. The normalized spacial score (nSPS) is 16.7. The van der Waals surface area contributed by atoms with Crippen LogP contribution in [0.1, 0.15) is 52.1 Å². The van der Waals surface area contributed by atoms with Crippen LogP contribution in [0.3, 0.4) is 0 Å². The van der Waals surface area contributed by atoms with E-state index in [9.17, 15) is 22.8 Å². The Morgan fingerprint density at radius 1 is 1.25 bits per heavy atom. The second-order valence-corrected chi connectivity index (χ2v) is 10.9. The molecule has 1 aromatic carbocycles. The molecule has 3 amide bonds. The summed E-state index contributed by atoms with van der Waals surface area (Å²) in [5, 5.41) is 4.32. The number of benzene rings is 1. The van der Waals surface area contributed by atoms with Gasteiger partial charge in [-0.05, 0) is 30.5 Å². The van der Waals surface area contributed by atoms with Crippen LogP contribution in [-0.2, 0) is 14.6 Å². The minimum atomic E-state index is -3.58. The van der Waals surface area contributed by atoms with Crippen LogP contribution in [0.2, 0.25) is 0 Å². The number of carbonyl (C=O) groups is 3. The third-order valence-electron chi connectivity index (χ3n) is 5.13. The van der Waals surface area contributed by atoms with Gasteiger partial charge in [0.05, 0.1) is 36.1 Å². The van der Waals surface area contributed by atoms with Crippen LogP contribution in [0, 0.1) is 0 Å². The van der Waals surface area contributed by atoms with Gasteiger partial charge in [-0.2, -0.15) is 0 Å². The fraction of sp³-hybridized carbons (Fsp3) is 0.381. The van der Waals surface area contributed by atoms with E-state index in [1.165, 1.54) is 19.4 Å². The van der Waals surface area contributed by atoms with Crippen LogP contribution in [0.4, 0.5) is 5.00 Å². The minimum absolute atomic E-state index is 0.0643. The molecule has 1 aromatic heterocycles. The Hall–Kier alpha value is -2.92. The van der Waals surface area contributed by atoms with Gasteiger partial charge in [-0.25, -0.2) is 8.42 Å². The van der Waals surface area contributed by atoms with Gasteiger partial charge in [0.25, 0.3) is 11.8 Å². The van der Waals surface area contributed by atoms with Crippen LogP contribution < -0.4 is 14.8 Å². The average molecular weight is 479 g/mol. The Labute approximate surface area is 189 Å². The third-order valence-corrected chi connectivity index (χ3v) is 6.94. The lowest BCUT2D eigenvalue weighted by molar-refractivity contribution is -0.114. The van der Waals surface area contributed by atoms with Crippen LogP contribution in [-0.4, -0.2) is 56.3 Å². The van der Waals surface area contributed by atoms with Gasteiger partial charge in [-0.1, -0.05) is 6.07 Å². The molecular weight excluding hydrogens is 456 g/mol. The molecule has 2 aliphatic rings. The largest absolute Gasteiger partial charge is 0.493 e. The number of hydrogen-bond donors (Lipinski definition) is 1. The highest BCUT2D eigenvalue weighted by Crippen LogP contribution is 2.41. The first kappa shape index (κ1) is 22.3. The van der Waals surface area contributed by atoms with Crippen molar-refractivity contribution in [2.45, 2.75) is 31.9 Å². The predicted molar refractivity (Wildman–Crippen MR) is 118 cm³/mol. The van der Waals surface area contributed by atoms with Crippen LogP contribution in [0.5, 0.6) is 11.5 Å². The molecule has 1 N–H and O–H groups in total. The molecule has 0 spiro atoms. The monoisotopic (exact) mass is 478 g/mol.